The zero-order valence-electron chi connectivity index (χ0n) is 15.4. The molecule has 25 heavy (non-hydrogen) atoms. The Kier molecular flexibility index (Phi) is 8.93. The number of carbonyl (C=O) groups excluding carboxylic acids is 1. The average molecular weight is 486 g/mol. The van der Waals surface area contributed by atoms with E-state index in [2.05, 4.69) is 24.1 Å². The number of nitrogens with zero attached hydrogens (tertiary/aromatic N) is 3. The van der Waals surface area contributed by atoms with Crippen molar-refractivity contribution in [1.82, 2.24) is 15.1 Å². The first-order chi connectivity index (χ1) is 11.3. The lowest BCUT2D eigenvalue weighted by Crippen LogP contribution is -2.54. The van der Waals surface area contributed by atoms with Gasteiger partial charge in [-0.3, -0.25) is 9.79 Å². The van der Waals surface area contributed by atoms with E-state index in [0.717, 1.165) is 25.5 Å². The van der Waals surface area contributed by atoms with Gasteiger partial charge in [0.1, 0.15) is 0 Å². The third-order valence-electron chi connectivity index (χ3n) is 4.84. The van der Waals surface area contributed by atoms with Gasteiger partial charge in [-0.2, -0.15) is 0 Å². The summed E-state index contributed by atoms with van der Waals surface area (Å²) in [5.74, 6) is 1.63. The van der Waals surface area contributed by atoms with Gasteiger partial charge in [0.15, 0.2) is 15.8 Å². The van der Waals surface area contributed by atoms with E-state index in [-0.39, 0.29) is 41.6 Å². The van der Waals surface area contributed by atoms with Gasteiger partial charge in [0, 0.05) is 45.7 Å². The molecule has 0 bridgehead atoms. The molecule has 2 heterocycles. The number of hydrogen-bond acceptors (Lipinski definition) is 4. The van der Waals surface area contributed by atoms with Gasteiger partial charge in [0.05, 0.1) is 11.5 Å². The van der Waals surface area contributed by atoms with Crippen LogP contribution in [0.1, 0.15) is 33.6 Å². The smallest absolute Gasteiger partial charge is 0.219 e. The van der Waals surface area contributed by atoms with Gasteiger partial charge in [-0.1, -0.05) is 6.92 Å². The number of sulfone groups is 1. The third-order valence-corrected chi connectivity index (χ3v) is 6.68. The number of carbonyl (C=O) groups is 1. The van der Waals surface area contributed by atoms with E-state index in [1.54, 1.807) is 6.92 Å². The minimum atomic E-state index is -2.86. The van der Waals surface area contributed by atoms with Crippen molar-refractivity contribution in [3.8, 4) is 0 Å². The molecule has 2 atom stereocenters. The van der Waals surface area contributed by atoms with E-state index in [1.165, 1.54) is 0 Å². The van der Waals surface area contributed by atoms with Crippen molar-refractivity contribution in [1.29, 1.82) is 0 Å². The summed E-state index contributed by atoms with van der Waals surface area (Å²) in [5, 5.41) is 3.45. The molecule has 2 aliphatic heterocycles. The van der Waals surface area contributed by atoms with Crippen molar-refractivity contribution in [2.45, 2.75) is 39.7 Å². The summed E-state index contributed by atoms with van der Waals surface area (Å²) >= 11 is 0. The molecule has 0 aromatic heterocycles. The number of amides is 1. The van der Waals surface area contributed by atoms with Crippen LogP contribution in [-0.4, -0.2) is 80.4 Å². The zero-order valence-corrected chi connectivity index (χ0v) is 18.5. The monoisotopic (exact) mass is 486 g/mol. The fourth-order valence-electron chi connectivity index (χ4n) is 3.02. The van der Waals surface area contributed by atoms with Crippen LogP contribution in [0.3, 0.4) is 0 Å². The Labute approximate surface area is 168 Å². The molecule has 7 nitrogen and oxygen atoms in total. The Morgan fingerprint density at radius 2 is 1.84 bits per heavy atom. The Morgan fingerprint density at radius 1 is 1.24 bits per heavy atom. The van der Waals surface area contributed by atoms with Gasteiger partial charge in [-0.25, -0.2) is 8.42 Å². The first kappa shape index (κ1) is 22.5. The van der Waals surface area contributed by atoms with Crippen molar-refractivity contribution < 1.29 is 13.2 Å². The van der Waals surface area contributed by atoms with E-state index in [0.29, 0.717) is 37.8 Å². The van der Waals surface area contributed by atoms with Crippen molar-refractivity contribution >= 4 is 45.7 Å². The Morgan fingerprint density at radius 3 is 2.32 bits per heavy atom. The average Bonchev–Trinajstić information content (AvgIpc) is 2.90. The molecule has 146 valence electrons. The SMILES string of the molecule is CCC(C)NC(=NCC1CCS(=O)(=O)C1)N1CCN(C(C)=O)CC1.I. The van der Waals surface area contributed by atoms with Crippen LogP contribution in [0.15, 0.2) is 4.99 Å². The van der Waals surface area contributed by atoms with E-state index in [1.807, 2.05) is 4.90 Å². The van der Waals surface area contributed by atoms with Crippen LogP contribution in [0.5, 0.6) is 0 Å². The molecule has 1 amide bonds. The van der Waals surface area contributed by atoms with Crippen molar-refractivity contribution in [3.05, 3.63) is 0 Å². The van der Waals surface area contributed by atoms with Crippen LogP contribution < -0.4 is 5.32 Å². The molecule has 2 unspecified atom stereocenters. The Bertz CT molecular complexity index is 574. The van der Waals surface area contributed by atoms with Crippen LogP contribution in [0.4, 0.5) is 0 Å². The molecule has 0 radical (unpaired) electrons. The van der Waals surface area contributed by atoms with Crippen LogP contribution >= 0.6 is 24.0 Å². The lowest BCUT2D eigenvalue weighted by molar-refractivity contribution is -0.130. The molecule has 0 aromatic rings. The summed E-state index contributed by atoms with van der Waals surface area (Å²) in [6.45, 7) is 9.29. The van der Waals surface area contributed by atoms with Crippen molar-refractivity contribution in [2.24, 2.45) is 10.9 Å². The predicted molar refractivity (Wildman–Crippen MR) is 111 cm³/mol. The first-order valence-corrected chi connectivity index (χ1v) is 10.6. The Balaban J connectivity index is 0.00000312. The van der Waals surface area contributed by atoms with Crippen molar-refractivity contribution in [3.63, 3.8) is 0 Å². The summed E-state index contributed by atoms with van der Waals surface area (Å²) in [6.07, 6.45) is 1.70. The fraction of sp³-hybridized carbons (Fsp3) is 0.875. The zero-order chi connectivity index (χ0) is 17.7. The third kappa shape index (κ3) is 6.92. The highest BCUT2D eigenvalue weighted by Crippen LogP contribution is 2.18. The van der Waals surface area contributed by atoms with Crippen LogP contribution in [0.2, 0.25) is 0 Å². The quantitative estimate of drug-likeness (QED) is 0.364. The predicted octanol–water partition coefficient (Wildman–Crippen LogP) is 0.947. The standard InChI is InChI=1S/C16H30N4O3S.HI/c1-4-13(2)18-16(17-11-15-5-10-24(22,23)12-15)20-8-6-19(7-9-20)14(3)21;/h13,15H,4-12H2,1-3H3,(H,17,18);1H. The first-order valence-electron chi connectivity index (χ1n) is 8.82. The molecule has 2 aliphatic rings. The van der Waals surface area contributed by atoms with E-state index in [9.17, 15) is 13.2 Å². The molecule has 2 rings (SSSR count). The van der Waals surface area contributed by atoms with Crippen molar-refractivity contribution in [2.75, 3.05) is 44.2 Å². The number of rotatable bonds is 4. The highest BCUT2D eigenvalue weighted by Gasteiger charge is 2.28. The maximum Gasteiger partial charge on any atom is 0.219 e. The molecular formula is C16H31IN4O3S. The molecule has 1 N–H and O–H groups in total. The van der Waals surface area contributed by atoms with Gasteiger partial charge in [0.25, 0.3) is 0 Å². The van der Waals surface area contributed by atoms with Gasteiger partial charge in [0.2, 0.25) is 5.91 Å². The number of halogens is 1. The molecule has 0 aliphatic carbocycles. The van der Waals surface area contributed by atoms with Gasteiger partial charge < -0.3 is 15.1 Å². The van der Waals surface area contributed by atoms with Crippen LogP contribution in [0.25, 0.3) is 0 Å². The second-order valence-corrected chi connectivity index (χ2v) is 9.11. The van der Waals surface area contributed by atoms with E-state index >= 15 is 0 Å². The molecule has 2 fully saturated rings. The van der Waals surface area contributed by atoms with Crippen LogP contribution in [-0.2, 0) is 14.6 Å². The molecule has 0 aromatic carbocycles. The minimum absolute atomic E-state index is 0. The summed E-state index contributed by atoms with van der Waals surface area (Å²) in [4.78, 5) is 20.2. The van der Waals surface area contributed by atoms with Gasteiger partial charge in [-0.15, -0.1) is 24.0 Å². The highest BCUT2D eigenvalue weighted by atomic mass is 127. The molecule has 0 spiro atoms. The summed E-state index contributed by atoms with van der Waals surface area (Å²) < 4.78 is 23.2. The maximum absolute atomic E-state index is 11.6. The lowest BCUT2D eigenvalue weighted by atomic mass is 10.1. The second-order valence-electron chi connectivity index (χ2n) is 6.88. The van der Waals surface area contributed by atoms with Crippen LogP contribution in [0, 0.1) is 5.92 Å². The fourth-order valence-corrected chi connectivity index (χ4v) is 4.87. The minimum Gasteiger partial charge on any atom is -0.354 e. The number of aliphatic imine (C=N–C) groups is 1. The topological polar surface area (TPSA) is 82.1 Å². The van der Waals surface area contributed by atoms with E-state index in [4.69, 9.17) is 4.99 Å². The molecule has 0 saturated carbocycles. The summed E-state index contributed by atoms with van der Waals surface area (Å²) in [6, 6.07) is 0.307. The lowest BCUT2D eigenvalue weighted by Gasteiger charge is -2.37. The molecule has 2 saturated heterocycles. The number of piperazine rings is 1. The Hall–Kier alpha value is -0.580. The maximum atomic E-state index is 11.6. The summed E-state index contributed by atoms with van der Waals surface area (Å²) in [5.41, 5.74) is 0. The highest BCUT2D eigenvalue weighted by molar-refractivity contribution is 14.0. The van der Waals surface area contributed by atoms with Gasteiger partial charge in [-0.05, 0) is 25.7 Å². The summed E-state index contributed by atoms with van der Waals surface area (Å²) in [7, 11) is -2.86. The van der Waals surface area contributed by atoms with Gasteiger partial charge >= 0.3 is 0 Å². The molecule has 9 heteroatoms. The number of nitrogens with one attached hydrogen (secondary N) is 1. The normalized spacial score (nSPS) is 24.6. The largest absolute Gasteiger partial charge is 0.354 e. The number of guanidine groups is 1. The second kappa shape index (κ2) is 9.94. The molecular weight excluding hydrogens is 455 g/mol. The number of hydrogen-bond donors (Lipinski definition) is 1. The van der Waals surface area contributed by atoms with E-state index < -0.39 is 9.84 Å².